The van der Waals surface area contributed by atoms with Crippen molar-refractivity contribution in [1.82, 2.24) is 0 Å². The lowest BCUT2D eigenvalue weighted by Gasteiger charge is -1.98. The van der Waals surface area contributed by atoms with Crippen LogP contribution in [0.1, 0.15) is 5.56 Å². The van der Waals surface area contributed by atoms with E-state index in [1.54, 1.807) is 6.07 Å². The second-order valence-electron chi connectivity index (χ2n) is 2.15. The van der Waals surface area contributed by atoms with E-state index in [-0.39, 0.29) is 0 Å². The third-order valence-electron chi connectivity index (χ3n) is 1.30. The number of hydrogen-bond donors (Lipinski definition) is 1. The fourth-order valence-corrected chi connectivity index (χ4v) is 1.02. The minimum absolute atomic E-state index is 0.586. The Bertz CT molecular complexity index is 237. The van der Waals surface area contributed by atoms with Crippen LogP contribution in [0.4, 0.5) is 0 Å². The van der Waals surface area contributed by atoms with Gasteiger partial charge in [0.15, 0.2) is 0 Å². The predicted octanol–water partition coefficient (Wildman–Crippen LogP) is 0.885. The monoisotopic (exact) mass is 153 g/mol. The molecule has 1 radical (unpaired) electrons. The molecule has 0 aliphatic carbocycles. The molecular weight excluding hydrogens is 146 g/mol. The molecule has 1 aromatic rings. The Labute approximate surface area is 65.9 Å². The smallest absolute Gasteiger partial charge is 0.328 e. The minimum Gasteiger partial charge on any atom is -0.450 e. The molecule has 0 atom stereocenters. The standard InChI is InChI=1S/C7H7BClO/c1-5-2-3-6(8-10)7(9)4-5/h2-4,10H,1H3. The molecule has 0 fully saturated rings. The molecule has 0 unspecified atom stereocenters. The van der Waals surface area contributed by atoms with Crippen molar-refractivity contribution >= 4 is 24.5 Å². The lowest BCUT2D eigenvalue weighted by atomic mass is 9.88. The molecule has 1 rings (SSSR count). The van der Waals surface area contributed by atoms with Crippen LogP contribution in [-0.4, -0.2) is 12.5 Å². The highest BCUT2D eigenvalue weighted by atomic mass is 35.5. The molecule has 0 saturated heterocycles. The van der Waals surface area contributed by atoms with Gasteiger partial charge in [-0.2, -0.15) is 0 Å². The molecule has 0 spiro atoms. The quantitative estimate of drug-likeness (QED) is 0.594. The summed E-state index contributed by atoms with van der Waals surface area (Å²) in [4.78, 5) is 0. The number of hydrogen-bond acceptors (Lipinski definition) is 1. The van der Waals surface area contributed by atoms with Crippen LogP contribution < -0.4 is 5.46 Å². The molecule has 3 heteroatoms. The van der Waals surface area contributed by atoms with Gasteiger partial charge >= 0.3 is 7.48 Å². The van der Waals surface area contributed by atoms with Crippen LogP contribution in [0.25, 0.3) is 0 Å². The van der Waals surface area contributed by atoms with Crippen LogP contribution in [0.15, 0.2) is 18.2 Å². The molecule has 0 heterocycles. The van der Waals surface area contributed by atoms with Crippen LogP contribution in [0.2, 0.25) is 5.02 Å². The second-order valence-corrected chi connectivity index (χ2v) is 2.56. The van der Waals surface area contributed by atoms with E-state index in [9.17, 15) is 0 Å². The van der Waals surface area contributed by atoms with Gasteiger partial charge in [0.2, 0.25) is 0 Å². The topological polar surface area (TPSA) is 20.2 Å². The maximum Gasteiger partial charge on any atom is 0.328 e. The largest absolute Gasteiger partial charge is 0.450 e. The lowest BCUT2D eigenvalue weighted by Crippen LogP contribution is -2.14. The first kappa shape index (κ1) is 7.64. The van der Waals surface area contributed by atoms with Gasteiger partial charge in [0.1, 0.15) is 0 Å². The first-order valence-corrected chi connectivity index (χ1v) is 3.35. The second kappa shape index (κ2) is 3.08. The van der Waals surface area contributed by atoms with Crippen LogP contribution in [-0.2, 0) is 0 Å². The van der Waals surface area contributed by atoms with E-state index in [4.69, 9.17) is 16.6 Å². The van der Waals surface area contributed by atoms with Gasteiger partial charge in [0, 0.05) is 5.02 Å². The van der Waals surface area contributed by atoms with Gasteiger partial charge in [-0.25, -0.2) is 0 Å². The summed E-state index contributed by atoms with van der Waals surface area (Å²) in [6, 6.07) is 5.48. The van der Waals surface area contributed by atoms with E-state index in [0.29, 0.717) is 10.5 Å². The van der Waals surface area contributed by atoms with Gasteiger partial charge in [-0.3, -0.25) is 0 Å². The highest BCUT2D eigenvalue weighted by Crippen LogP contribution is 2.06. The number of benzene rings is 1. The number of rotatable bonds is 1. The SMILES string of the molecule is Cc1ccc([B]O)c(Cl)c1. The summed E-state index contributed by atoms with van der Waals surface area (Å²) >= 11 is 5.74. The molecule has 0 aliphatic heterocycles. The Morgan fingerprint density at radius 1 is 1.50 bits per heavy atom. The first-order valence-electron chi connectivity index (χ1n) is 2.97. The molecule has 10 heavy (non-hydrogen) atoms. The molecule has 51 valence electrons. The fraction of sp³-hybridized carbons (Fsp3) is 0.143. The third kappa shape index (κ3) is 1.52. The summed E-state index contributed by atoms with van der Waals surface area (Å²) in [5.41, 5.74) is 1.75. The summed E-state index contributed by atoms with van der Waals surface area (Å²) in [6.07, 6.45) is 0. The summed E-state index contributed by atoms with van der Waals surface area (Å²) in [5, 5.41) is 9.19. The maximum atomic E-state index is 8.60. The van der Waals surface area contributed by atoms with Gasteiger partial charge in [-0.1, -0.05) is 23.7 Å². The van der Waals surface area contributed by atoms with Crippen molar-refractivity contribution < 1.29 is 5.02 Å². The zero-order valence-corrected chi connectivity index (χ0v) is 6.39. The predicted molar refractivity (Wildman–Crippen MR) is 43.8 cm³/mol. The first-order chi connectivity index (χ1) is 4.74. The fourth-order valence-electron chi connectivity index (χ4n) is 0.737. The lowest BCUT2D eigenvalue weighted by molar-refractivity contribution is 0.615. The average Bonchev–Trinajstić information content (AvgIpc) is 1.88. The van der Waals surface area contributed by atoms with Crippen molar-refractivity contribution in [3.63, 3.8) is 0 Å². The molecule has 0 aliphatic rings. The molecule has 1 N–H and O–H groups in total. The Balaban J connectivity index is 3.07. The van der Waals surface area contributed by atoms with E-state index in [0.717, 1.165) is 13.0 Å². The van der Waals surface area contributed by atoms with Gasteiger partial charge in [0.25, 0.3) is 0 Å². The van der Waals surface area contributed by atoms with E-state index < -0.39 is 0 Å². The van der Waals surface area contributed by atoms with E-state index in [1.807, 2.05) is 19.1 Å². The van der Waals surface area contributed by atoms with Crippen LogP contribution in [0.5, 0.6) is 0 Å². The number of halogens is 1. The zero-order chi connectivity index (χ0) is 7.56. The van der Waals surface area contributed by atoms with Gasteiger partial charge in [-0.05, 0) is 24.0 Å². The Morgan fingerprint density at radius 2 is 2.20 bits per heavy atom. The van der Waals surface area contributed by atoms with Crippen molar-refractivity contribution in [3.8, 4) is 0 Å². The highest BCUT2D eigenvalue weighted by Gasteiger charge is 1.98. The summed E-state index contributed by atoms with van der Waals surface area (Å²) < 4.78 is 0. The normalized spacial score (nSPS) is 9.50. The van der Waals surface area contributed by atoms with Crippen LogP contribution >= 0.6 is 11.6 Å². The van der Waals surface area contributed by atoms with E-state index >= 15 is 0 Å². The summed E-state index contributed by atoms with van der Waals surface area (Å²) in [7, 11) is 1.00. The van der Waals surface area contributed by atoms with Crippen molar-refractivity contribution in [2.75, 3.05) is 0 Å². The molecule has 0 bridgehead atoms. The number of aryl methyl sites for hydroxylation is 1. The summed E-state index contributed by atoms with van der Waals surface area (Å²) in [6.45, 7) is 1.95. The minimum atomic E-state index is 0.586. The Hall–Kier alpha value is -0.465. The summed E-state index contributed by atoms with van der Waals surface area (Å²) in [5.74, 6) is 0. The van der Waals surface area contributed by atoms with Gasteiger partial charge < -0.3 is 5.02 Å². The molecule has 1 aromatic carbocycles. The molecule has 0 amide bonds. The molecule has 1 nitrogen and oxygen atoms in total. The Morgan fingerprint density at radius 3 is 2.70 bits per heavy atom. The van der Waals surface area contributed by atoms with Gasteiger partial charge in [0.05, 0.1) is 0 Å². The third-order valence-corrected chi connectivity index (χ3v) is 1.62. The molecular formula is C7H7BClO. The Kier molecular flexibility index (Phi) is 2.36. The molecule has 0 aromatic heterocycles. The highest BCUT2D eigenvalue weighted by molar-refractivity contribution is 6.52. The van der Waals surface area contributed by atoms with E-state index in [2.05, 4.69) is 0 Å². The van der Waals surface area contributed by atoms with Crippen LogP contribution in [0, 0.1) is 6.92 Å². The maximum absolute atomic E-state index is 8.60. The van der Waals surface area contributed by atoms with Crippen molar-refractivity contribution in [1.29, 1.82) is 0 Å². The van der Waals surface area contributed by atoms with E-state index in [1.165, 1.54) is 0 Å². The van der Waals surface area contributed by atoms with Crippen molar-refractivity contribution in [2.24, 2.45) is 0 Å². The van der Waals surface area contributed by atoms with Crippen molar-refractivity contribution in [2.45, 2.75) is 6.92 Å². The van der Waals surface area contributed by atoms with Crippen molar-refractivity contribution in [3.05, 3.63) is 28.8 Å². The van der Waals surface area contributed by atoms with Crippen LogP contribution in [0.3, 0.4) is 0 Å². The average molecular weight is 153 g/mol. The zero-order valence-electron chi connectivity index (χ0n) is 5.63. The molecule has 0 saturated carbocycles. The van der Waals surface area contributed by atoms with Gasteiger partial charge in [-0.15, -0.1) is 0 Å².